The van der Waals surface area contributed by atoms with Crippen molar-refractivity contribution < 1.29 is 27.1 Å². The zero-order valence-electron chi connectivity index (χ0n) is 19.8. The number of guanidine groups is 1. The average Bonchev–Trinajstić information content (AvgIpc) is 2.77. The van der Waals surface area contributed by atoms with Crippen molar-refractivity contribution in [1.29, 1.82) is 0 Å². The lowest BCUT2D eigenvalue weighted by atomic mass is 9.98. The van der Waals surface area contributed by atoms with Gasteiger partial charge in [-0.25, -0.2) is 9.38 Å². The number of hydrogen-bond donors (Lipinski definition) is 2. The molecule has 188 valence electrons. The molecule has 1 saturated heterocycles. The molecule has 0 aliphatic carbocycles. The van der Waals surface area contributed by atoms with Gasteiger partial charge in [-0.2, -0.15) is 13.2 Å². The second-order valence-corrected chi connectivity index (χ2v) is 8.58. The van der Waals surface area contributed by atoms with Gasteiger partial charge in [0.15, 0.2) is 0 Å². The van der Waals surface area contributed by atoms with E-state index in [1.54, 1.807) is 11.9 Å². The standard InChI is InChI=1S/C22H30F4N6O2/c1-12-18(22(24,25)26)19(27-2)30-21(28-12)29-16-11-15(23)14(10-17(16)34-5)20(33)32(4)13-6-8-31(3)9-7-13/h10-13,18H,6-9H2,1-5H3,(H2,27,28,29,30). The summed E-state index contributed by atoms with van der Waals surface area (Å²) in [5.41, 5.74) is -0.0402. The number of hydrogen-bond acceptors (Lipinski definition) is 6. The number of alkyl halides is 3. The largest absolute Gasteiger partial charge is 0.495 e. The Balaban J connectivity index is 1.83. The molecule has 2 heterocycles. The molecule has 1 fully saturated rings. The highest BCUT2D eigenvalue weighted by Gasteiger charge is 2.48. The summed E-state index contributed by atoms with van der Waals surface area (Å²) >= 11 is 0. The van der Waals surface area contributed by atoms with E-state index < -0.39 is 29.9 Å². The number of halogens is 4. The number of carbonyl (C=O) groups is 1. The van der Waals surface area contributed by atoms with Gasteiger partial charge in [0.25, 0.3) is 5.91 Å². The van der Waals surface area contributed by atoms with Gasteiger partial charge in [0.1, 0.15) is 23.3 Å². The first-order valence-corrected chi connectivity index (χ1v) is 10.9. The van der Waals surface area contributed by atoms with Crippen LogP contribution in [0.5, 0.6) is 5.75 Å². The Labute approximate surface area is 196 Å². The van der Waals surface area contributed by atoms with E-state index in [1.807, 2.05) is 7.05 Å². The number of rotatable bonds is 4. The Kier molecular flexibility index (Phi) is 7.69. The van der Waals surface area contributed by atoms with Crippen LogP contribution in [-0.2, 0) is 0 Å². The molecule has 2 unspecified atom stereocenters. The zero-order chi connectivity index (χ0) is 25.2. The van der Waals surface area contributed by atoms with Crippen molar-refractivity contribution in [2.75, 3.05) is 46.7 Å². The molecule has 0 aromatic heterocycles. The van der Waals surface area contributed by atoms with Crippen LogP contribution in [0.3, 0.4) is 0 Å². The SMILES string of the molecule is CN=C1NC(Nc2cc(F)c(C(=O)N(C)C3CCN(C)CC3)cc2OC)=NC(C)C1C(F)(F)F. The highest BCUT2D eigenvalue weighted by molar-refractivity contribution is 6.09. The van der Waals surface area contributed by atoms with Crippen LogP contribution in [0, 0.1) is 11.7 Å². The Bertz CT molecular complexity index is 973. The summed E-state index contributed by atoms with van der Waals surface area (Å²) in [5.74, 6) is -3.32. The summed E-state index contributed by atoms with van der Waals surface area (Å²) in [6.45, 7) is 3.02. The summed E-state index contributed by atoms with van der Waals surface area (Å²) in [5, 5.41) is 5.29. The summed E-state index contributed by atoms with van der Waals surface area (Å²) < 4.78 is 60.5. The molecule has 0 bridgehead atoms. The summed E-state index contributed by atoms with van der Waals surface area (Å²) in [6, 6.07) is 1.21. The lowest BCUT2D eigenvalue weighted by Crippen LogP contribution is -2.53. The van der Waals surface area contributed by atoms with E-state index in [2.05, 4.69) is 25.5 Å². The third kappa shape index (κ3) is 5.43. The van der Waals surface area contributed by atoms with E-state index in [0.717, 1.165) is 32.0 Å². The number of nitrogens with one attached hydrogen (secondary N) is 2. The van der Waals surface area contributed by atoms with Crippen LogP contribution in [0.4, 0.5) is 23.2 Å². The summed E-state index contributed by atoms with van der Waals surface area (Å²) in [4.78, 5) is 24.5. The van der Waals surface area contributed by atoms with E-state index in [9.17, 15) is 18.0 Å². The van der Waals surface area contributed by atoms with Crippen LogP contribution in [0.25, 0.3) is 0 Å². The van der Waals surface area contributed by atoms with Crippen molar-refractivity contribution >= 4 is 23.4 Å². The maximum Gasteiger partial charge on any atom is 0.400 e. The number of anilines is 1. The fraction of sp³-hybridized carbons (Fsp3) is 0.591. The van der Waals surface area contributed by atoms with Crippen LogP contribution >= 0.6 is 0 Å². The molecule has 2 N–H and O–H groups in total. The number of piperidine rings is 1. The lowest BCUT2D eigenvalue weighted by molar-refractivity contribution is -0.159. The molecular weight excluding hydrogens is 456 g/mol. The highest BCUT2D eigenvalue weighted by Crippen LogP contribution is 2.34. The van der Waals surface area contributed by atoms with E-state index in [1.165, 1.54) is 27.1 Å². The fourth-order valence-electron chi connectivity index (χ4n) is 4.27. The van der Waals surface area contributed by atoms with Crippen molar-refractivity contribution in [2.24, 2.45) is 15.9 Å². The van der Waals surface area contributed by atoms with E-state index in [0.29, 0.717) is 0 Å². The number of benzene rings is 1. The number of aliphatic imine (C=N–C) groups is 2. The van der Waals surface area contributed by atoms with Gasteiger partial charge < -0.3 is 25.2 Å². The maximum absolute atomic E-state index is 15.0. The van der Waals surface area contributed by atoms with Crippen molar-refractivity contribution in [3.63, 3.8) is 0 Å². The van der Waals surface area contributed by atoms with Crippen molar-refractivity contribution in [3.05, 3.63) is 23.5 Å². The first-order valence-electron chi connectivity index (χ1n) is 10.9. The van der Waals surface area contributed by atoms with Crippen molar-refractivity contribution in [1.82, 2.24) is 15.1 Å². The van der Waals surface area contributed by atoms with Gasteiger partial charge in [0, 0.05) is 26.2 Å². The molecule has 3 rings (SSSR count). The topological polar surface area (TPSA) is 81.6 Å². The minimum Gasteiger partial charge on any atom is -0.495 e. The fourth-order valence-corrected chi connectivity index (χ4v) is 4.27. The summed E-state index contributed by atoms with van der Waals surface area (Å²) in [7, 11) is 6.27. The Morgan fingerprint density at radius 1 is 1.32 bits per heavy atom. The molecule has 1 aromatic rings. The van der Waals surface area contributed by atoms with Crippen LogP contribution < -0.4 is 15.4 Å². The van der Waals surface area contributed by atoms with Crippen molar-refractivity contribution in [2.45, 2.75) is 38.0 Å². The molecule has 0 saturated carbocycles. The number of amidine groups is 1. The molecule has 2 atom stereocenters. The predicted octanol–water partition coefficient (Wildman–Crippen LogP) is 2.97. The highest BCUT2D eigenvalue weighted by atomic mass is 19.4. The molecule has 8 nitrogen and oxygen atoms in total. The smallest absolute Gasteiger partial charge is 0.400 e. The number of ether oxygens (including phenoxy) is 1. The van der Waals surface area contributed by atoms with Gasteiger partial charge >= 0.3 is 6.18 Å². The molecule has 2 aliphatic heterocycles. The lowest BCUT2D eigenvalue weighted by Gasteiger charge is -2.35. The monoisotopic (exact) mass is 486 g/mol. The second kappa shape index (κ2) is 10.2. The zero-order valence-corrected chi connectivity index (χ0v) is 19.8. The van der Waals surface area contributed by atoms with Crippen LogP contribution in [0.15, 0.2) is 22.1 Å². The maximum atomic E-state index is 15.0. The number of likely N-dealkylation sites (tertiary alicyclic amines) is 1. The predicted molar refractivity (Wildman–Crippen MR) is 122 cm³/mol. The average molecular weight is 487 g/mol. The second-order valence-electron chi connectivity index (χ2n) is 8.58. The normalized spacial score (nSPS) is 23.3. The molecule has 1 aromatic carbocycles. The van der Waals surface area contributed by atoms with E-state index in [-0.39, 0.29) is 34.8 Å². The molecule has 1 amide bonds. The minimum absolute atomic E-state index is 0.00232. The molecule has 12 heteroatoms. The third-order valence-electron chi connectivity index (χ3n) is 6.28. The van der Waals surface area contributed by atoms with Gasteiger partial charge in [0.05, 0.1) is 24.4 Å². The van der Waals surface area contributed by atoms with Gasteiger partial charge in [-0.1, -0.05) is 0 Å². The van der Waals surface area contributed by atoms with Crippen LogP contribution in [0.1, 0.15) is 30.1 Å². The van der Waals surface area contributed by atoms with Crippen molar-refractivity contribution in [3.8, 4) is 5.75 Å². The van der Waals surface area contributed by atoms with Crippen LogP contribution in [0.2, 0.25) is 0 Å². The molecule has 2 aliphatic rings. The quantitative estimate of drug-likeness (QED) is 0.640. The van der Waals surface area contributed by atoms with Gasteiger partial charge in [0.2, 0.25) is 5.96 Å². The third-order valence-corrected chi connectivity index (χ3v) is 6.28. The van der Waals surface area contributed by atoms with Gasteiger partial charge in [-0.3, -0.25) is 9.79 Å². The molecule has 0 radical (unpaired) electrons. The molecular formula is C22H30F4N6O2. The number of carbonyl (C=O) groups excluding carboxylic acids is 1. The first-order chi connectivity index (χ1) is 16.0. The molecule has 34 heavy (non-hydrogen) atoms. The van der Waals surface area contributed by atoms with E-state index in [4.69, 9.17) is 4.74 Å². The van der Waals surface area contributed by atoms with Crippen LogP contribution in [-0.4, -0.2) is 87.1 Å². The molecule has 0 spiro atoms. The summed E-state index contributed by atoms with van der Waals surface area (Å²) in [6.07, 6.45) is -2.94. The first kappa shape index (κ1) is 25.7. The number of nitrogens with zero attached hydrogens (tertiary/aromatic N) is 4. The number of methoxy groups -OCH3 is 1. The Hall–Kier alpha value is -2.89. The Morgan fingerprint density at radius 3 is 2.53 bits per heavy atom. The Morgan fingerprint density at radius 2 is 1.97 bits per heavy atom. The number of amides is 1. The van der Waals surface area contributed by atoms with Gasteiger partial charge in [-0.15, -0.1) is 0 Å². The van der Waals surface area contributed by atoms with Gasteiger partial charge in [-0.05, 0) is 46.0 Å². The minimum atomic E-state index is -4.53. The van der Waals surface area contributed by atoms with E-state index >= 15 is 4.39 Å².